The number of hydrogen-bond donors (Lipinski definition) is 0. The Bertz CT molecular complexity index is 504. The normalized spacial score (nSPS) is 27.5. The molecule has 0 saturated carbocycles. The lowest BCUT2D eigenvalue weighted by Crippen LogP contribution is -2.48. The van der Waals surface area contributed by atoms with Crippen LogP contribution in [0.1, 0.15) is 12.8 Å². The van der Waals surface area contributed by atoms with Gasteiger partial charge in [-0.05, 0) is 38.1 Å². The Morgan fingerprint density at radius 3 is 2.47 bits per heavy atom. The van der Waals surface area contributed by atoms with Crippen LogP contribution >= 0.6 is 0 Å². The van der Waals surface area contributed by atoms with Crippen molar-refractivity contribution in [2.45, 2.75) is 12.8 Å². The second kappa shape index (κ2) is 4.97. The Morgan fingerprint density at radius 1 is 1.26 bits per heavy atom. The number of non-ortho nitro benzene ring substituents is 1. The van der Waals surface area contributed by atoms with Crippen LogP contribution in [-0.2, 0) is 0 Å². The minimum Gasteiger partial charge on any atom is -0.357 e. The van der Waals surface area contributed by atoms with Crippen molar-refractivity contribution in [3.8, 4) is 5.75 Å². The van der Waals surface area contributed by atoms with Crippen molar-refractivity contribution in [2.24, 2.45) is 11.1 Å². The van der Waals surface area contributed by atoms with Crippen LogP contribution in [0.25, 0.3) is 0 Å². The molecule has 0 aliphatic carbocycles. The number of hydrogen-bond acceptors (Lipinski definition) is 5. The summed E-state index contributed by atoms with van der Waals surface area (Å²) in [7, 11) is 0. The molecule has 19 heavy (non-hydrogen) atoms. The van der Waals surface area contributed by atoms with Gasteiger partial charge in [0.15, 0.2) is 5.75 Å². The fourth-order valence-electron chi connectivity index (χ4n) is 2.63. The number of oxime groups is 1. The molecule has 0 N–H and O–H groups in total. The largest absolute Gasteiger partial charge is 0.357 e. The molecule has 0 aromatic heterocycles. The topological polar surface area (TPSA) is 68.0 Å². The molecule has 1 aromatic carbocycles. The van der Waals surface area contributed by atoms with Gasteiger partial charge in [0.05, 0.1) is 10.6 Å². The van der Waals surface area contributed by atoms with Crippen LogP contribution in [0.2, 0.25) is 0 Å². The van der Waals surface area contributed by atoms with E-state index in [1.807, 2.05) is 0 Å². The molecular formula is C13H15N3O3. The fourth-order valence-corrected chi connectivity index (χ4v) is 2.63. The summed E-state index contributed by atoms with van der Waals surface area (Å²) in [5, 5.41) is 14.8. The molecule has 100 valence electrons. The minimum absolute atomic E-state index is 0.0582. The lowest BCUT2D eigenvalue weighted by molar-refractivity contribution is -0.384. The van der Waals surface area contributed by atoms with Crippen LogP contribution in [0, 0.1) is 16.0 Å². The van der Waals surface area contributed by atoms with Crippen LogP contribution in [0.3, 0.4) is 0 Å². The predicted molar refractivity (Wildman–Crippen MR) is 70.3 cm³/mol. The number of rotatable bonds is 3. The van der Waals surface area contributed by atoms with E-state index in [1.165, 1.54) is 12.1 Å². The van der Waals surface area contributed by atoms with Gasteiger partial charge < -0.3 is 4.84 Å². The zero-order chi connectivity index (χ0) is 13.2. The van der Waals surface area contributed by atoms with Gasteiger partial charge in [-0.1, -0.05) is 5.16 Å². The average Bonchev–Trinajstić information content (AvgIpc) is 2.47. The maximum absolute atomic E-state index is 10.5. The van der Waals surface area contributed by atoms with Gasteiger partial charge >= 0.3 is 0 Å². The molecule has 3 aliphatic heterocycles. The first-order valence-electron chi connectivity index (χ1n) is 6.43. The van der Waals surface area contributed by atoms with Gasteiger partial charge in [-0.15, -0.1) is 0 Å². The highest BCUT2D eigenvalue weighted by Gasteiger charge is 2.31. The molecule has 3 heterocycles. The van der Waals surface area contributed by atoms with Gasteiger partial charge in [-0.3, -0.25) is 15.0 Å². The van der Waals surface area contributed by atoms with Crippen LogP contribution in [0.5, 0.6) is 5.75 Å². The second-order valence-corrected chi connectivity index (χ2v) is 4.98. The van der Waals surface area contributed by atoms with Crippen molar-refractivity contribution >= 4 is 11.4 Å². The van der Waals surface area contributed by atoms with Crippen molar-refractivity contribution in [3.63, 3.8) is 0 Å². The fraction of sp³-hybridized carbons (Fsp3) is 0.462. The number of nitro benzene ring substituents is 1. The van der Waals surface area contributed by atoms with E-state index >= 15 is 0 Å². The van der Waals surface area contributed by atoms with Gasteiger partial charge in [-0.25, -0.2) is 0 Å². The number of benzene rings is 1. The summed E-state index contributed by atoms with van der Waals surface area (Å²) in [5.41, 5.74) is 1.15. The molecule has 6 nitrogen and oxygen atoms in total. The number of nitro groups is 1. The van der Waals surface area contributed by atoms with Gasteiger partial charge in [0.2, 0.25) is 0 Å². The van der Waals surface area contributed by atoms with Crippen LogP contribution in [0.4, 0.5) is 5.69 Å². The number of nitrogens with zero attached hydrogens (tertiary/aromatic N) is 3. The third-order valence-corrected chi connectivity index (χ3v) is 3.76. The van der Waals surface area contributed by atoms with E-state index in [-0.39, 0.29) is 5.69 Å². The standard InChI is InChI=1S/C13H15N3O3/c17-16(18)11-1-3-12(4-2-11)19-14-13-9-15-7-5-10(13)6-8-15/h1-4,10H,5-9H2/b14-13-. The zero-order valence-electron chi connectivity index (χ0n) is 10.5. The lowest BCUT2D eigenvalue weighted by Gasteiger charge is -2.39. The monoisotopic (exact) mass is 261 g/mol. The van der Waals surface area contributed by atoms with E-state index in [2.05, 4.69) is 10.1 Å². The summed E-state index contributed by atoms with van der Waals surface area (Å²) in [6.07, 6.45) is 2.31. The third-order valence-electron chi connectivity index (χ3n) is 3.76. The van der Waals surface area contributed by atoms with Crippen molar-refractivity contribution in [1.82, 2.24) is 4.90 Å². The molecule has 3 aliphatic rings. The molecule has 3 fully saturated rings. The molecular weight excluding hydrogens is 246 g/mol. The highest BCUT2D eigenvalue weighted by atomic mass is 16.6. The molecule has 0 atom stereocenters. The average molecular weight is 261 g/mol. The molecule has 0 radical (unpaired) electrons. The van der Waals surface area contributed by atoms with Gasteiger partial charge in [0.25, 0.3) is 5.69 Å². The van der Waals surface area contributed by atoms with E-state index < -0.39 is 4.92 Å². The van der Waals surface area contributed by atoms with Crippen molar-refractivity contribution < 1.29 is 9.76 Å². The molecule has 2 bridgehead atoms. The maximum atomic E-state index is 10.5. The van der Waals surface area contributed by atoms with Gasteiger partial charge in [0, 0.05) is 24.6 Å². The second-order valence-electron chi connectivity index (χ2n) is 4.98. The molecule has 6 heteroatoms. The van der Waals surface area contributed by atoms with Gasteiger partial charge in [-0.2, -0.15) is 0 Å². The molecule has 4 rings (SSSR count). The SMILES string of the molecule is O=[N+]([O-])c1ccc(O/N=C2/CN3CCC2CC3)cc1. The molecule has 0 amide bonds. The number of piperidine rings is 3. The summed E-state index contributed by atoms with van der Waals surface area (Å²) < 4.78 is 0. The predicted octanol–water partition coefficient (Wildman–Crippen LogP) is 2.06. The van der Waals surface area contributed by atoms with Crippen LogP contribution < -0.4 is 4.84 Å². The van der Waals surface area contributed by atoms with E-state index in [0.717, 1.165) is 38.2 Å². The summed E-state index contributed by atoms with van der Waals surface area (Å²) >= 11 is 0. The Kier molecular flexibility index (Phi) is 3.16. The van der Waals surface area contributed by atoms with Crippen LogP contribution in [0.15, 0.2) is 29.4 Å². The summed E-state index contributed by atoms with van der Waals surface area (Å²) in [5.74, 6) is 1.08. The quantitative estimate of drug-likeness (QED) is 0.617. The summed E-state index contributed by atoms with van der Waals surface area (Å²) in [6, 6.07) is 5.99. The first-order valence-corrected chi connectivity index (χ1v) is 6.43. The Labute approximate surface area is 110 Å². The maximum Gasteiger partial charge on any atom is 0.269 e. The van der Waals surface area contributed by atoms with Crippen molar-refractivity contribution in [3.05, 3.63) is 34.4 Å². The Morgan fingerprint density at radius 2 is 1.95 bits per heavy atom. The van der Waals surface area contributed by atoms with Crippen molar-refractivity contribution in [2.75, 3.05) is 19.6 Å². The first-order chi connectivity index (χ1) is 9.22. The summed E-state index contributed by atoms with van der Waals surface area (Å²) in [4.78, 5) is 17.9. The van der Waals surface area contributed by atoms with Crippen LogP contribution in [-0.4, -0.2) is 35.2 Å². The smallest absolute Gasteiger partial charge is 0.269 e. The van der Waals surface area contributed by atoms with Gasteiger partial charge in [0.1, 0.15) is 0 Å². The Balaban J connectivity index is 1.67. The molecule has 1 aromatic rings. The lowest BCUT2D eigenvalue weighted by atomic mass is 9.87. The van der Waals surface area contributed by atoms with Crippen molar-refractivity contribution in [1.29, 1.82) is 0 Å². The van der Waals surface area contributed by atoms with E-state index in [0.29, 0.717) is 11.7 Å². The zero-order valence-corrected chi connectivity index (χ0v) is 10.5. The third kappa shape index (κ3) is 2.58. The Hall–Kier alpha value is -1.95. The highest BCUT2D eigenvalue weighted by Crippen LogP contribution is 2.26. The molecule has 0 unspecified atom stereocenters. The number of fused-ring (bicyclic) bond motifs is 3. The summed E-state index contributed by atoms with van der Waals surface area (Å²) in [6.45, 7) is 3.19. The van der Waals surface area contributed by atoms with E-state index in [9.17, 15) is 10.1 Å². The first kappa shape index (κ1) is 12.1. The molecule has 0 spiro atoms. The van der Waals surface area contributed by atoms with E-state index in [1.54, 1.807) is 12.1 Å². The van der Waals surface area contributed by atoms with E-state index in [4.69, 9.17) is 4.84 Å². The highest BCUT2D eigenvalue weighted by molar-refractivity contribution is 5.89. The molecule has 3 saturated heterocycles. The minimum atomic E-state index is -0.428.